The Kier molecular flexibility index (Phi) is 4.44. The topological polar surface area (TPSA) is 49.0 Å². The minimum absolute atomic E-state index is 0.322. The lowest BCUT2D eigenvalue weighted by molar-refractivity contribution is 0.128. The van der Waals surface area contributed by atoms with Crippen molar-refractivity contribution in [2.24, 2.45) is 9.98 Å². The van der Waals surface area contributed by atoms with Crippen molar-refractivity contribution in [3.63, 3.8) is 0 Å². The number of nitrogens with one attached hydrogen (secondary N) is 1. The van der Waals surface area contributed by atoms with Gasteiger partial charge in [-0.3, -0.25) is 15.3 Å². The maximum atomic E-state index is 14.4. The molecule has 1 saturated heterocycles. The second-order valence-electron chi connectivity index (χ2n) is 5.88. The Morgan fingerprint density at radius 1 is 1.23 bits per heavy atom. The van der Waals surface area contributed by atoms with Crippen LogP contribution in [0, 0.1) is 5.82 Å². The van der Waals surface area contributed by atoms with Crippen molar-refractivity contribution in [2.45, 2.75) is 0 Å². The van der Waals surface area contributed by atoms with Crippen LogP contribution in [0.4, 0.5) is 10.1 Å². The van der Waals surface area contributed by atoms with Gasteiger partial charge in [0.25, 0.3) is 0 Å². The van der Waals surface area contributed by atoms with Gasteiger partial charge in [-0.1, -0.05) is 23.7 Å². The Hall–Kier alpha value is -2.70. The summed E-state index contributed by atoms with van der Waals surface area (Å²) in [5.74, 6) is 0.473. The highest BCUT2D eigenvalue weighted by atomic mass is 35.5. The van der Waals surface area contributed by atoms with Crippen molar-refractivity contribution in [3.05, 3.63) is 76.3 Å². The van der Waals surface area contributed by atoms with Gasteiger partial charge < -0.3 is 4.90 Å². The summed E-state index contributed by atoms with van der Waals surface area (Å²) >= 11 is 6.18. The highest BCUT2D eigenvalue weighted by molar-refractivity contribution is 6.31. The van der Waals surface area contributed by atoms with E-state index in [1.54, 1.807) is 43.6 Å². The molecule has 2 aliphatic rings. The molecule has 0 radical (unpaired) electrons. The molecule has 0 spiro atoms. The van der Waals surface area contributed by atoms with E-state index in [-0.39, 0.29) is 5.82 Å². The van der Waals surface area contributed by atoms with Crippen LogP contribution in [0.2, 0.25) is 5.02 Å². The summed E-state index contributed by atoms with van der Waals surface area (Å²) < 4.78 is 14.4. The van der Waals surface area contributed by atoms with Crippen molar-refractivity contribution < 1.29 is 9.23 Å². The molecule has 0 amide bonds. The summed E-state index contributed by atoms with van der Waals surface area (Å²) in [6.45, 7) is 1.10. The normalized spacial score (nSPS) is 17.3. The second kappa shape index (κ2) is 6.90. The number of fused-ring (bicyclic) bond motifs is 1. The fraction of sp³-hybridized carbons (Fsp3) is 0.158. The third kappa shape index (κ3) is 3.21. The number of halogens is 2. The van der Waals surface area contributed by atoms with E-state index >= 15 is 0 Å². The molecule has 0 saturated carbocycles. The Morgan fingerprint density at radius 2 is 2.08 bits per heavy atom. The van der Waals surface area contributed by atoms with E-state index in [0.29, 0.717) is 22.8 Å². The molecule has 0 bridgehead atoms. The van der Waals surface area contributed by atoms with Crippen molar-refractivity contribution in [3.8, 4) is 0 Å². The van der Waals surface area contributed by atoms with Gasteiger partial charge in [0.15, 0.2) is 0 Å². The van der Waals surface area contributed by atoms with E-state index in [1.807, 2.05) is 11.0 Å². The van der Waals surface area contributed by atoms with Gasteiger partial charge in [0.05, 0.1) is 37.3 Å². The number of benzene rings is 2. The first-order chi connectivity index (χ1) is 12.7. The van der Waals surface area contributed by atoms with Crippen LogP contribution in [0.25, 0.3) is 0 Å². The van der Waals surface area contributed by atoms with Crippen LogP contribution in [-0.2, 0) is 4.84 Å². The number of hydroxylamine groups is 1. The molecular formula is C19H16ClFN4O. The van der Waals surface area contributed by atoms with Crippen LogP contribution in [0.15, 0.2) is 64.3 Å². The van der Waals surface area contributed by atoms with Crippen LogP contribution in [-0.4, -0.2) is 36.6 Å². The predicted octanol–water partition coefficient (Wildman–Crippen LogP) is 3.67. The van der Waals surface area contributed by atoms with Crippen LogP contribution in [0.1, 0.15) is 11.1 Å². The summed E-state index contributed by atoms with van der Waals surface area (Å²) in [7, 11) is 1.55. The molecule has 1 N–H and O–H groups in total. The standard InChI is InChI=1S/C19H16ClFN4O/c1-26-23-9-13-11-25(13)18-10-22-19(14-4-2-3-5-16(14)21)15-8-12(20)6-7-17(15)24-18/h2-9,23H,10-11H2,1H3. The molecule has 0 aromatic heterocycles. The van der Waals surface area contributed by atoms with Crippen LogP contribution in [0.3, 0.4) is 0 Å². The summed E-state index contributed by atoms with van der Waals surface area (Å²) in [6.07, 6.45) is 1.78. The molecule has 4 rings (SSSR count). The van der Waals surface area contributed by atoms with Crippen molar-refractivity contribution >= 4 is 28.8 Å². The molecule has 1 fully saturated rings. The van der Waals surface area contributed by atoms with E-state index in [9.17, 15) is 4.39 Å². The average Bonchev–Trinajstić information content (AvgIpc) is 3.42. The zero-order valence-corrected chi connectivity index (χ0v) is 14.8. The van der Waals surface area contributed by atoms with Crippen LogP contribution in [0.5, 0.6) is 0 Å². The third-order valence-electron chi connectivity index (χ3n) is 4.19. The Balaban J connectivity index is 1.77. The van der Waals surface area contributed by atoms with E-state index in [4.69, 9.17) is 21.4 Å². The first-order valence-corrected chi connectivity index (χ1v) is 8.47. The minimum Gasteiger partial charge on any atom is -0.323 e. The van der Waals surface area contributed by atoms with E-state index < -0.39 is 0 Å². The number of hydrogen-bond acceptors (Lipinski definition) is 5. The van der Waals surface area contributed by atoms with Gasteiger partial charge in [-0.05, 0) is 30.3 Å². The van der Waals surface area contributed by atoms with Gasteiger partial charge in [0.2, 0.25) is 0 Å². The molecule has 2 aliphatic heterocycles. The van der Waals surface area contributed by atoms with Gasteiger partial charge >= 0.3 is 0 Å². The molecule has 0 atom stereocenters. The number of hydrogen-bond donors (Lipinski definition) is 1. The molecule has 2 aromatic carbocycles. The number of nitrogens with zero attached hydrogens (tertiary/aromatic N) is 3. The van der Waals surface area contributed by atoms with Gasteiger partial charge in [-0.25, -0.2) is 9.38 Å². The molecule has 0 unspecified atom stereocenters. The van der Waals surface area contributed by atoms with Gasteiger partial charge in [0.1, 0.15) is 11.7 Å². The molecule has 2 aromatic rings. The van der Waals surface area contributed by atoms with Gasteiger partial charge in [-0.15, -0.1) is 0 Å². The largest absolute Gasteiger partial charge is 0.323 e. The number of amidine groups is 1. The van der Waals surface area contributed by atoms with Crippen molar-refractivity contribution in [2.75, 3.05) is 20.2 Å². The van der Waals surface area contributed by atoms with Crippen LogP contribution >= 0.6 is 11.6 Å². The first kappa shape index (κ1) is 16.8. The Labute approximate surface area is 155 Å². The highest BCUT2D eigenvalue weighted by Gasteiger charge is 2.31. The Bertz CT molecular complexity index is 954. The number of rotatable bonds is 3. The lowest BCUT2D eigenvalue weighted by Gasteiger charge is -2.09. The summed E-state index contributed by atoms with van der Waals surface area (Å²) in [5.41, 5.74) is 6.19. The third-order valence-corrected chi connectivity index (χ3v) is 4.42. The fourth-order valence-electron chi connectivity index (χ4n) is 2.87. The Morgan fingerprint density at radius 3 is 2.88 bits per heavy atom. The monoisotopic (exact) mass is 370 g/mol. The molecule has 0 aliphatic carbocycles. The summed E-state index contributed by atoms with van der Waals surface area (Å²) in [6, 6.07) is 12.0. The van der Waals surface area contributed by atoms with Gasteiger partial charge in [-0.2, -0.15) is 0 Å². The predicted molar refractivity (Wildman–Crippen MR) is 100 cm³/mol. The molecule has 2 heterocycles. The maximum Gasteiger partial charge on any atom is 0.132 e. The molecule has 132 valence electrons. The second-order valence-corrected chi connectivity index (χ2v) is 6.31. The molecule has 7 heteroatoms. The van der Waals surface area contributed by atoms with Gasteiger partial charge in [0, 0.05) is 22.3 Å². The quantitative estimate of drug-likeness (QED) is 0.662. The van der Waals surface area contributed by atoms with E-state index in [0.717, 1.165) is 29.3 Å². The van der Waals surface area contributed by atoms with Crippen molar-refractivity contribution in [1.82, 2.24) is 10.4 Å². The SMILES string of the molecule is CONC=C1CN1C1=Nc2ccc(Cl)cc2C(c2ccccc2F)=NC1. The highest BCUT2D eigenvalue weighted by Crippen LogP contribution is 2.32. The fourth-order valence-corrected chi connectivity index (χ4v) is 3.04. The summed E-state index contributed by atoms with van der Waals surface area (Å²) in [4.78, 5) is 16.3. The molecule has 5 nitrogen and oxygen atoms in total. The van der Waals surface area contributed by atoms with E-state index in [1.165, 1.54) is 6.07 Å². The first-order valence-electron chi connectivity index (χ1n) is 8.09. The zero-order valence-electron chi connectivity index (χ0n) is 14.0. The minimum atomic E-state index is -0.322. The lowest BCUT2D eigenvalue weighted by atomic mass is 10.0. The van der Waals surface area contributed by atoms with E-state index in [2.05, 4.69) is 10.5 Å². The smallest absolute Gasteiger partial charge is 0.132 e. The van der Waals surface area contributed by atoms with Crippen molar-refractivity contribution in [1.29, 1.82) is 0 Å². The summed E-state index contributed by atoms with van der Waals surface area (Å²) in [5, 5.41) is 0.558. The molecule has 26 heavy (non-hydrogen) atoms. The van der Waals surface area contributed by atoms with Crippen LogP contribution < -0.4 is 5.48 Å². The average molecular weight is 371 g/mol. The molecular weight excluding hydrogens is 355 g/mol. The lowest BCUT2D eigenvalue weighted by Crippen LogP contribution is -2.15. The zero-order chi connectivity index (χ0) is 18.1. The maximum absolute atomic E-state index is 14.4. The number of aliphatic imine (C=N–C) groups is 2.